The summed E-state index contributed by atoms with van der Waals surface area (Å²) in [7, 11) is 0. The van der Waals surface area contributed by atoms with Crippen LogP contribution in [0.3, 0.4) is 0 Å². The summed E-state index contributed by atoms with van der Waals surface area (Å²) in [5.41, 5.74) is 2.31. The van der Waals surface area contributed by atoms with Crippen LogP contribution in [0.1, 0.15) is 64.8 Å². The van der Waals surface area contributed by atoms with Gasteiger partial charge in [0.1, 0.15) is 0 Å². The third-order valence-corrected chi connectivity index (χ3v) is 6.30. The molecule has 1 unspecified atom stereocenters. The van der Waals surface area contributed by atoms with Crippen LogP contribution in [0.15, 0.2) is 36.4 Å². The number of likely N-dealkylation sites (tertiary alicyclic amines) is 1. The minimum Gasteiger partial charge on any atom is -0.343 e. The molecule has 1 aliphatic heterocycles. The largest absolute Gasteiger partial charge is 0.343 e. The summed E-state index contributed by atoms with van der Waals surface area (Å²) in [6, 6.07) is 11.8. The molecule has 2 amide bonds. The summed E-state index contributed by atoms with van der Waals surface area (Å²) in [5.74, 6) is 0.136. The van der Waals surface area contributed by atoms with Crippen molar-refractivity contribution in [2.24, 2.45) is 0 Å². The molecular formula is C22H28N2O2S. The predicted molar refractivity (Wildman–Crippen MR) is 110 cm³/mol. The molecular weight excluding hydrogens is 356 g/mol. The van der Waals surface area contributed by atoms with Crippen LogP contribution in [0.25, 0.3) is 0 Å². The zero-order valence-corrected chi connectivity index (χ0v) is 17.0. The number of benzene rings is 1. The first kappa shape index (κ1) is 19.6. The molecule has 0 radical (unpaired) electrons. The van der Waals surface area contributed by atoms with Gasteiger partial charge >= 0.3 is 0 Å². The Morgan fingerprint density at radius 2 is 2.04 bits per heavy atom. The first-order valence-electron chi connectivity index (χ1n) is 9.87. The topological polar surface area (TPSA) is 49.4 Å². The normalized spacial score (nSPS) is 15.2. The molecule has 0 spiro atoms. The van der Waals surface area contributed by atoms with Crippen molar-refractivity contribution in [1.29, 1.82) is 0 Å². The average molecular weight is 385 g/mol. The molecule has 2 heterocycles. The number of carbonyl (C=O) groups is 2. The summed E-state index contributed by atoms with van der Waals surface area (Å²) in [4.78, 5) is 29.0. The second-order valence-corrected chi connectivity index (χ2v) is 8.18. The van der Waals surface area contributed by atoms with Crippen LogP contribution in [-0.4, -0.2) is 29.8 Å². The van der Waals surface area contributed by atoms with Crippen LogP contribution in [-0.2, 0) is 17.6 Å². The maximum absolute atomic E-state index is 13.0. The van der Waals surface area contributed by atoms with Gasteiger partial charge in [-0.2, -0.15) is 0 Å². The standard InChI is InChI=1S/C22H28N2O2S/c1-3-9-19-16(4-2)14-20(27-19)22(26)23-18(17-10-6-5-7-11-17)15-24-13-8-12-21(24)25/h5-7,10-11,14,18H,3-4,8-9,12-13,15H2,1-2H3,(H,23,26). The van der Waals surface area contributed by atoms with Gasteiger partial charge in [0.2, 0.25) is 5.91 Å². The molecule has 1 fully saturated rings. The fourth-order valence-electron chi connectivity index (χ4n) is 3.58. The van der Waals surface area contributed by atoms with Gasteiger partial charge in [-0.15, -0.1) is 11.3 Å². The Bertz CT molecular complexity index is 785. The lowest BCUT2D eigenvalue weighted by Crippen LogP contribution is -2.38. The lowest BCUT2D eigenvalue weighted by atomic mass is 10.1. The van der Waals surface area contributed by atoms with Gasteiger partial charge in [-0.25, -0.2) is 0 Å². The molecule has 144 valence electrons. The van der Waals surface area contributed by atoms with E-state index in [1.54, 1.807) is 11.3 Å². The first-order chi connectivity index (χ1) is 13.1. The van der Waals surface area contributed by atoms with Crippen LogP contribution < -0.4 is 5.32 Å². The zero-order chi connectivity index (χ0) is 19.2. The van der Waals surface area contributed by atoms with E-state index in [1.165, 1.54) is 10.4 Å². The van der Waals surface area contributed by atoms with Gasteiger partial charge in [-0.05, 0) is 36.5 Å². The van der Waals surface area contributed by atoms with E-state index in [4.69, 9.17) is 0 Å². The highest BCUT2D eigenvalue weighted by molar-refractivity contribution is 7.14. The number of hydrogen-bond acceptors (Lipinski definition) is 3. The van der Waals surface area contributed by atoms with Crippen molar-refractivity contribution in [3.63, 3.8) is 0 Å². The summed E-state index contributed by atoms with van der Waals surface area (Å²) < 4.78 is 0. The molecule has 5 heteroatoms. The number of rotatable bonds is 8. The Labute approximate surface area is 165 Å². The number of amides is 2. The van der Waals surface area contributed by atoms with Crippen LogP contribution in [0.4, 0.5) is 0 Å². The van der Waals surface area contributed by atoms with Gasteiger partial charge in [-0.1, -0.05) is 50.6 Å². The van der Waals surface area contributed by atoms with E-state index >= 15 is 0 Å². The third-order valence-electron chi connectivity index (χ3n) is 5.06. The maximum atomic E-state index is 13.0. The molecule has 27 heavy (non-hydrogen) atoms. The van der Waals surface area contributed by atoms with Crippen molar-refractivity contribution in [3.8, 4) is 0 Å². The minimum atomic E-state index is -0.192. The number of carbonyl (C=O) groups excluding carboxylic acids is 2. The van der Waals surface area contributed by atoms with Crippen molar-refractivity contribution in [2.45, 2.75) is 52.0 Å². The van der Waals surface area contributed by atoms with E-state index < -0.39 is 0 Å². The molecule has 0 aliphatic carbocycles. The average Bonchev–Trinajstić information content (AvgIpc) is 3.28. The van der Waals surface area contributed by atoms with Gasteiger partial charge in [0, 0.05) is 24.4 Å². The first-order valence-corrected chi connectivity index (χ1v) is 10.7. The molecule has 1 aromatic carbocycles. The Hall–Kier alpha value is -2.14. The van der Waals surface area contributed by atoms with Crippen LogP contribution in [0.2, 0.25) is 0 Å². The molecule has 1 N–H and O–H groups in total. The molecule has 1 aromatic heterocycles. The monoisotopic (exact) mass is 384 g/mol. The fourth-order valence-corrected chi connectivity index (χ4v) is 4.84. The maximum Gasteiger partial charge on any atom is 0.261 e. The molecule has 1 saturated heterocycles. The van der Waals surface area contributed by atoms with Gasteiger partial charge in [0.15, 0.2) is 0 Å². The molecule has 3 rings (SSSR count). The molecule has 0 bridgehead atoms. The van der Waals surface area contributed by atoms with Crippen LogP contribution in [0, 0.1) is 0 Å². The van der Waals surface area contributed by atoms with E-state index in [9.17, 15) is 9.59 Å². The lowest BCUT2D eigenvalue weighted by molar-refractivity contribution is -0.128. The number of thiophene rings is 1. The molecule has 4 nitrogen and oxygen atoms in total. The van der Waals surface area contributed by atoms with E-state index in [0.717, 1.165) is 42.7 Å². The van der Waals surface area contributed by atoms with Crippen molar-refractivity contribution in [1.82, 2.24) is 10.2 Å². The van der Waals surface area contributed by atoms with Crippen LogP contribution >= 0.6 is 11.3 Å². The Morgan fingerprint density at radius 3 is 2.67 bits per heavy atom. The molecule has 1 aliphatic rings. The van der Waals surface area contributed by atoms with E-state index in [-0.39, 0.29) is 17.9 Å². The Kier molecular flexibility index (Phi) is 6.67. The van der Waals surface area contributed by atoms with E-state index in [0.29, 0.717) is 13.0 Å². The van der Waals surface area contributed by atoms with Gasteiger partial charge < -0.3 is 10.2 Å². The van der Waals surface area contributed by atoms with Crippen molar-refractivity contribution in [3.05, 3.63) is 57.3 Å². The highest BCUT2D eigenvalue weighted by Gasteiger charge is 2.26. The second kappa shape index (κ2) is 9.18. The summed E-state index contributed by atoms with van der Waals surface area (Å²) in [5, 5.41) is 3.18. The summed E-state index contributed by atoms with van der Waals surface area (Å²) in [6.07, 6.45) is 4.56. The lowest BCUT2D eigenvalue weighted by Gasteiger charge is -2.25. The van der Waals surface area contributed by atoms with Crippen molar-refractivity contribution >= 4 is 23.2 Å². The SMILES string of the molecule is CCCc1sc(C(=O)NC(CN2CCCC2=O)c2ccccc2)cc1CC. The summed E-state index contributed by atoms with van der Waals surface area (Å²) in [6.45, 7) is 5.60. The van der Waals surface area contributed by atoms with Gasteiger partial charge in [0.25, 0.3) is 5.91 Å². The third kappa shape index (κ3) is 4.78. The summed E-state index contributed by atoms with van der Waals surface area (Å²) >= 11 is 1.60. The Balaban J connectivity index is 1.79. The zero-order valence-electron chi connectivity index (χ0n) is 16.2. The highest BCUT2D eigenvalue weighted by Crippen LogP contribution is 2.26. The van der Waals surface area contributed by atoms with E-state index in [2.05, 4.69) is 19.2 Å². The molecule has 2 aromatic rings. The quantitative estimate of drug-likeness (QED) is 0.735. The Morgan fingerprint density at radius 1 is 1.26 bits per heavy atom. The van der Waals surface area contributed by atoms with Crippen molar-refractivity contribution < 1.29 is 9.59 Å². The number of nitrogens with zero attached hydrogens (tertiary/aromatic N) is 1. The predicted octanol–water partition coefficient (Wildman–Crippen LogP) is 4.36. The van der Waals surface area contributed by atoms with Crippen LogP contribution in [0.5, 0.6) is 0 Å². The smallest absolute Gasteiger partial charge is 0.261 e. The van der Waals surface area contributed by atoms with Gasteiger partial charge in [-0.3, -0.25) is 9.59 Å². The fraction of sp³-hybridized carbons (Fsp3) is 0.455. The number of nitrogens with one attached hydrogen (secondary N) is 1. The number of hydrogen-bond donors (Lipinski definition) is 1. The molecule has 0 saturated carbocycles. The second-order valence-electron chi connectivity index (χ2n) is 7.04. The highest BCUT2D eigenvalue weighted by atomic mass is 32.1. The van der Waals surface area contributed by atoms with Crippen molar-refractivity contribution in [2.75, 3.05) is 13.1 Å². The minimum absolute atomic E-state index is 0.0439. The van der Waals surface area contributed by atoms with E-state index in [1.807, 2.05) is 41.3 Å². The van der Waals surface area contributed by atoms with Gasteiger partial charge in [0.05, 0.1) is 10.9 Å². The number of aryl methyl sites for hydroxylation is 2. The molecule has 1 atom stereocenters.